The maximum Gasteiger partial charge on any atom is 0.263 e. The number of aromatic nitrogens is 1. The quantitative estimate of drug-likeness (QED) is 0.780. The zero-order valence-corrected chi connectivity index (χ0v) is 16.7. The first kappa shape index (κ1) is 19.6. The molecule has 0 atom stereocenters. The van der Waals surface area contributed by atoms with Gasteiger partial charge >= 0.3 is 0 Å². The number of nitrogens with zero attached hydrogens (tertiary/aromatic N) is 2. The minimum absolute atomic E-state index is 0.0787. The Morgan fingerprint density at radius 3 is 2.70 bits per heavy atom. The summed E-state index contributed by atoms with van der Waals surface area (Å²) in [6, 6.07) is 5.63. The largest absolute Gasteiger partial charge is 0.493 e. The average Bonchev–Trinajstić information content (AvgIpc) is 3.10. The molecule has 2 heterocycles. The van der Waals surface area contributed by atoms with E-state index in [1.165, 1.54) is 11.3 Å². The number of ether oxygens (including phenoxy) is 3. The van der Waals surface area contributed by atoms with E-state index in [4.69, 9.17) is 14.2 Å². The van der Waals surface area contributed by atoms with Crippen molar-refractivity contribution in [3.05, 3.63) is 28.8 Å². The third-order valence-corrected chi connectivity index (χ3v) is 5.66. The van der Waals surface area contributed by atoms with Gasteiger partial charge in [0.05, 0.1) is 33.1 Å². The predicted octanol–water partition coefficient (Wildman–Crippen LogP) is 2.20. The van der Waals surface area contributed by atoms with Gasteiger partial charge < -0.3 is 19.5 Å². The third kappa shape index (κ3) is 4.77. The Morgan fingerprint density at radius 2 is 2.00 bits per heavy atom. The number of amides is 1. The zero-order valence-electron chi connectivity index (χ0n) is 15.9. The van der Waals surface area contributed by atoms with Crippen LogP contribution in [0.1, 0.15) is 15.4 Å². The Bertz CT molecular complexity index is 787. The number of rotatable bonds is 7. The van der Waals surface area contributed by atoms with E-state index in [0.29, 0.717) is 22.9 Å². The number of morpholine rings is 1. The van der Waals surface area contributed by atoms with Crippen molar-refractivity contribution < 1.29 is 19.0 Å². The highest BCUT2D eigenvalue weighted by Gasteiger charge is 2.18. The summed E-state index contributed by atoms with van der Waals surface area (Å²) in [5.74, 6) is 1.22. The molecule has 1 aromatic heterocycles. The molecule has 1 N–H and O–H groups in total. The van der Waals surface area contributed by atoms with Crippen molar-refractivity contribution in [3.8, 4) is 22.1 Å². The second kappa shape index (κ2) is 9.16. The van der Waals surface area contributed by atoms with E-state index in [-0.39, 0.29) is 5.91 Å². The van der Waals surface area contributed by atoms with Gasteiger partial charge in [-0.05, 0) is 25.1 Å². The van der Waals surface area contributed by atoms with Crippen LogP contribution in [0, 0.1) is 6.92 Å². The fraction of sp³-hybridized carbons (Fsp3) is 0.474. The SMILES string of the molecule is COc1ccc(-c2nc(C)c(C(=O)NCCN3CCOCC3)s2)cc1OC. The van der Waals surface area contributed by atoms with Gasteiger partial charge in [0.1, 0.15) is 9.88 Å². The molecule has 0 radical (unpaired) electrons. The number of hydrogen-bond acceptors (Lipinski definition) is 7. The predicted molar refractivity (Wildman–Crippen MR) is 105 cm³/mol. The van der Waals surface area contributed by atoms with Crippen molar-refractivity contribution in [2.75, 3.05) is 53.6 Å². The number of hydrogen-bond donors (Lipinski definition) is 1. The van der Waals surface area contributed by atoms with Crippen LogP contribution in [0.4, 0.5) is 0 Å². The normalized spacial score (nSPS) is 14.8. The van der Waals surface area contributed by atoms with Crippen LogP contribution in [0.3, 0.4) is 0 Å². The standard InChI is InChI=1S/C19H25N3O4S/c1-13-17(18(23)20-6-7-22-8-10-26-11-9-22)27-19(21-13)14-4-5-15(24-2)16(12-14)25-3/h4-5,12H,6-11H2,1-3H3,(H,20,23). The molecule has 0 saturated carbocycles. The molecule has 146 valence electrons. The molecule has 1 fully saturated rings. The molecule has 0 aliphatic carbocycles. The first-order chi connectivity index (χ1) is 13.1. The zero-order chi connectivity index (χ0) is 19.2. The second-order valence-electron chi connectivity index (χ2n) is 6.21. The highest BCUT2D eigenvalue weighted by molar-refractivity contribution is 7.17. The van der Waals surface area contributed by atoms with Crippen molar-refractivity contribution in [2.24, 2.45) is 0 Å². The lowest BCUT2D eigenvalue weighted by molar-refractivity contribution is 0.0383. The summed E-state index contributed by atoms with van der Waals surface area (Å²) in [4.78, 5) is 20.0. The van der Waals surface area contributed by atoms with Gasteiger partial charge in [0.2, 0.25) is 0 Å². The van der Waals surface area contributed by atoms with Crippen LogP contribution < -0.4 is 14.8 Å². The molecule has 0 spiro atoms. The second-order valence-corrected chi connectivity index (χ2v) is 7.21. The molecule has 0 unspecified atom stereocenters. The summed E-state index contributed by atoms with van der Waals surface area (Å²) in [7, 11) is 3.20. The molecule has 1 saturated heterocycles. The number of benzene rings is 1. The molecule has 7 nitrogen and oxygen atoms in total. The van der Waals surface area contributed by atoms with Gasteiger partial charge in [0.15, 0.2) is 11.5 Å². The number of thiazole rings is 1. The monoisotopic (exact) mass is 391 g/mol. The molecule has 1 aromatic carbocycles. The molecule has 1 aliphatic rings. The Morgan fingerprint density at radius 1 is 1.26 bits per heavy atom. The van der Waals surface area contributed by atoms with Crippen LogP contribution in [0.25, 0.3) is 10.6 Å². The summed E-state index contributed by atoms with van der Waals surface area (Å²) in [5, 5.41) is 3.78. The fourth-order valence-corrected chi connectivity index (χ4v) is 3.91. The summed E-state index contributed by atoms with van der Waals surface area (Å²) in [6.07, 6.45) is 0. The molecule has 1 amide bonds. The van der Waals surface area contributed by atoms with Gasteiger partial charge in [-0.15, -0.1) is 11.3 Å². The van der Waals surface area contributed by atoms with E-state index in [1.54, 1.807) is 14.2 Å². The molecular weight excluding hydrogens is 366 g/mol. The van der Waals surface area contributed by atoms with Crippen molar-refractivity contribution in [1.82, 2.24) is 15.2 Å². The van der Waals surface area contributed by atoms with Gasteiger partial charge in [0, 0.05) is 31.7 Å². The number of aryl methyl sites for hydroxylation is 1. The minimum atomic E-state index is -0.0787. The molecule has 27 heavy (non-hydrogen) atoms. The average molecular weight is 391 g/mol. The van der Waals surface area contributed by atoms with E-state index < -0.39 is 0 Å². The lowest BCUT2D eigenvalue weighted by Gasteiger charge is -2.26. The van der Waals surface area contributed by atoms with Crippen molar-refractivity contribution in [3.63, 3.8) is 0 Å². The fourth-order valence-electron chi connectivity index (χ4n) is 2.93. The number of carbonyl (C=O) groups excluding carboxylic acids is 1. The molecular formula is C19H25N3O4S. The van der Waals surface area contributed by atoms with Crippen molar-refractivity contribution in [2.45, 2.75) is 6.92 Å². The van der Waals surface area contributed by atoms with Crippen molar-refractivity contribution in [1.29, 1.82) is 0 Å². The third-order valence-electron chi connectivity index (χ3n) is 4.45. The van der Waals surface area contributed by atoms with Crippen LogP contribution in [0.2, 0.25) is 0 Å². The van der Waals surface area contributed by atoms with E-state index in [0.717, 1.165) is 49.1 Å². The summed E-state index contributed by atoms with van der Waals surface area (Å²) in [5.41, 5.74) is 1.63. The van der Waals surface area contributed by atoms with Gasteiger partial charge in [-0.2, -0.15) is 0 Å². The lowest BCUT2D eigenvalue weighted by atomic mass is 10.2. The first-order valence-corrected chi connectivity index (χ1v) is 9.72. The van der Waals surface area contributed by atoms with Crippen molar-refractivity contribution >= 4 is 17.2 Å². The Hall–Kier alpha value is -2.16. The highest BCUT2D eigenvalue weighted by Crippen LogP contribution is 2.34. The summed E-state index contributed by atoms with van der Waals surface area (Å²) in [6.45, 7) is 6.65. The van der Waals surface area contributed by atoms with E-state index in [9.17, 15) is 4.79 Å². The Kier molecular flexibility index (Phi) is 6.65. The minimum Gasteiger partial charge on any atom is -0.493 e. The molecule has 1 aliphatic heterocycles. The molecule has 8 heteroatoms. The number of nitrogens with one attached hydrogen (secondary N) is 1. The highest BCUT2D eigenvalue weighted by atomic mass is 32.1. The Labute approximate surface area is 163 Å². The van der Waals surface area contributed by atoms with Gasteiger partial charge in [-0.1, -0.05) is 0 Å². The molecule has 3 rings (SSSR count). The summed E-state index contributed by atoms with van der Waals surface area (Å²) < 4.78 is 16.0. The van der Waals surface area contributed by atoms with E-state index >= 15 is 0 Å². The van der Waals surface area contributed by atoms with Crippen LogP contribution >= 0.6 is 11.3 Å². The maximum atomic E-state index is 12.5. The molecule has 2 aromatic rings. The van der Waals surface area contributed by atoms with E-state index in [1.807, 2.05) is 25.1 Å². The molecule has 0 bridgehead atoms. The van der Waals surface area contributed by atoms with Crippen LogP contribution in [0.15, 0.2) is 18.2 Å². The van der Waals surface area contributed by atoms with Gasteiger partial charge in [-0.25, -0.2) is 4.98 Å². The van der Waals surface area contributed by atoms with Gasteiger partial charge in [-0.3, -0.25) is 9.69 Å². The summed E-state index contributed by atoms with van der Waals surface area (Å²) >= 11 is 1.39. The van der Waals surface area contributed by atoms with Gasteiger partial charge in [0.25, 0.3) is 5.91 Å². The number of methoxy groups -OCH3 is 2. The number of carbonyl (C=O) groups is 1. The Balaban J connectivity index is 1.65. The topological polar surface area (TPSA) is 72.9 Å². The lowest BCUT2D eigenvalue weighted by Crippen LogP contribution is -2.41. The van der Waals surface area contributed by atoms with Crippen LogP contribution in [-0.4, -0.2) is 69.4 Å². The maximum absolute atomic E-state index is 12.5. The first-order valence-electron chi connectivity index (χ1n) is 8.90. The smallest absolute Gasteiger partial charge is 0.263 e. The van der Waals surface area contributed by atoms with Crippen LogP contribution in [-0.2, 0) is 4.74 Å². The van der Waals surface area contributed by atoms with E-state index in [2.05, 4.69) is 15.2 Å². The van der Waals surface area contributed by atoms with Crippen LogP contribution in [0.5, 0.6) is 11.5 Å².